The van der Waals surface area contributed by atoms with E-state index in [-0.39, 0.29) is 72.7 Å². The Hall–Kier alpha value is -4.43. The van der Waals surface area contributed by atoms with Crippen molar-refractivity contribution in [2.75, 3.05) is 13.1 Å². The molecule has 8 rings (SSSR count). The summed E-state index contributed by atoms with van der Waals surface area (Å²) in [4.78, 5) is 7.43. The van der Waals surface area contributed by atoms with Gasteiger partial charge in [0.1, 0.15) is 5.82 Å². The van der Waals surface area contributed by atoms with Crippen LogP contribution < -0.4 is 16.8 Å². The molecular formula is C95H172BrClFN5S. The maximum absolute atomic E-state index is 12.8. The van der Waals surface area contributed by atoms with Crippen molar-refractivity contribution < 1.29 is 4.39 Å². The largest absolute Gasteiger partial charge is 0.327 e. The number of para-hydroxylation sites is 1. The van der Waals surface area contributed by atoms with E-state index in [1.807, 2.05) is 72.9 Å². The first-order chi connectivity index (χ1) is 44.7. The van der Waals surface area contributed by atoms with Crippen molar-refractivity contribution in [3.8, 4) is 0 Å². The summed E-state index contributed by atoms with van der Waals surface area (Å²) in [6.45, 7) is 57.6. The lowest BCUT2D eigenvalue weighted by molar-refractivity contribution is 0.169. The molecule has 9 heteroatoms. The lowest BCUT2D eigenvalue weighted by Gasteiger charge is -2.33. The van der Waals surface area contributed by atoms with Crippen molar-refractivity contribution in [2.45, 2.75) is 333 Å². The molecule has 5 nitrogen and oxygen atoms in total. The van der Waals surface area contributed by atoms with Crippen LogP contribution >= 0.6 is 38.9 Å². The second-order valence-electron chi connectivity index (χ2n) is 29.9. The molecule has 1 saturated carbocycles. The van der Waals surface area contributed by atoms with Crippen molar-refractivity contribution >= 4 is 44.6 Å². The topological polar surface area (TPSA) is 71.7 Å². The number of allylic oxidation sites excluding steroid dienone is 2. The fourth-order valence-electron chi connectivity index (χ4n) is 10.6. The van der Waals surface area contributed by atoms with Crippen LogP contribution in [0.3, 0.4) is 0 Å². The van der Waals surface area contributed by atoms with Gasteiger partial charge in [-0.25, -0.2) is 9.24 Å². The predicted molar refractivity (Wildman–Crippen MR) is 488 cm³/mol. The molecule has 0 bridgehead atoms. The smallest absolute Gasteiger partial charge is 0.190 e. The van der Waals surface area contributed by atoms with Crippen molar-refractivity contribution in [1.29, 1.82) is 0 Å². The molecular weight excluding hydrogens is 1380 g/mol. The average molecular weight is 1550 g/mol. The highest BCUT2D eigenvalue weighted by Gasteiger charge is 2.22. The van der Waals surface area contributed by atoms with Gasteiger partial charge in [-0.15, -0.1) is 11.3 Å². The molecule has 104 heavy (non-hydrogen) atoms. The van der Waals surface area contributed by atoms with Gasteiger partial charge in [0.25, 0.3) is 0 Å². The zero-order valence-corrected chi connectivity index (χ0v) is 67.1. The van der Waals surface area contributed by atoms with Crippen LogP contribution in [0.5, 0.6) is 0 Å². The molecule has 6 aromatic rings. The number of thiophene rings is 1. The third kappa shape index (κ3) is 63.6. The van der Waals surface area contributed by atoms with Gasteiger partial charge >= 0.3 is 0 Å². The Kier molecular flexibility index (Phi) is 82.9. The maximum atomic E-state index is 12.8. The third-order valence-corrected chi connectivity index (χ3v) is 17.6. The number of nitrogens with two attached hydrogens (primary N) is 2. The number of rotatable bonds is 17. The fraction of sp³-hybridized carbons (Fsp3) is 0.611. The Morgan fingerprint density at radius 2 is 0.981 bits per heavy atom. The first-order valence-electron chi connectivity index (χ1n) is 36.1. The van der Waals surface area contributed by atoms with E-state index in [0.29, 0.717) is 48.0 Å². The second kappa shape index (κ2) is 71.5. The Bertz CT molecular complexity index is 2790. The summed E-state index contributed by atoms with van der Waals surface area (Å²) in [7, 11) is 0. The van der Waals surface area contributed by atoms with Crippen LogP contribution in [0.2, 0.25) is 5.02 Å². The molecule has 1 aliphatic carbocycles. The minimum atomic E-state index is -0.128. The Morgan fingerprint density at radius 1 is 0.538 bits per heavy atom. The molecule has 2 fully saturated rings. The number of likely N-dealkylation sites (tertiary alicyclic amines) is 1. The Labute approximate surface area is 668 Å². The first-order valence-corrected chi connectivity index (χ1v) is 38.2. The van der Waals surface area contributed by atoms with Gasteiger partial charge in [-0.1, -0.05) is 327 Å². The van der Waals surface area contributed by atoms with Gasteiger partial charge in [-0.2, -0.15) is 0 Å². The summed E-state index contributed by atoms with van der Waals surface area (Å²) in [5.74, 6) is 4.85. The van der Waals surface area contributed by atoms with Crippen molar-refractivity contribution in [3.63, 3.8) is 0 Å². The van der Waals surface area contributed by atoms with Crippen LogP contribution in [-0.2, 0) is 38.5 Å². The van der Waals surface area contributed by atoms with E-state index < -0.39 is 0 Å². The van der Waals surface area contributed by atoms with Crippen LogP contribution in [0.15, 0.2) is 149 Å². The quantitative estimate of drug-likeness (QED) is 0.0629. The van der Waals surface area contributed by atoms with E-state index in [0.717, 1.165) is 72.2 Å². The van der Waals surface area contributed by atoms with E-state index in [1.54, 1.807) is 6.07 Å². The lowest BCUT2D eigenvalue weighted by Crippen LogP contribution is -2.49. The summed E-state index contributed by atoms with van der Waals surface area (Å²) in [6, 6.07) is 44.8. The molecule has 5 aromatic carbocycles. The molecule has 0 spiro atoms. The van der Waals surface area contributed by atoms with E-state index in [1.165, 1.54) is 119 Å². The predicted octanol–water partition coefficient (Wildman–Crippen LogP) is 30.9. The Balaban J connectivity index is -0.000000118. The number of nitrogens with one attached hydrogen (secondary N) is 1. The molecule has 1 aliphatic heterocycles. The minimum Gasteiger partial charge on any atom is -0.327 e. The highest BCUT2D eigenvalue weighted by atomic mass is 79.9. The van der Waals surface area contributed by atoms with Crippen molar-refractivity contribution in [2.24, 2.45) is 52.9 Å². The zero-order valence-electron chi connectivity index (χ0n) is 63.9. The highest BCUT2D eigenvalue weighted by molar-refractivity contribution is 9.10. The van der Waals surface area contributed by atoms with Crippen LogP contribution in [0.1, 0.15) is 294 Å². The molecule has 5 N–H and O–H groups in total. The molecule has 0 radical (unpaired) electrons. The standard InChI is InChI=1S/C11H15F.C11H13N.C11H16.C10H13Br.C10H13Cl.C9H20N2.C8H18N2.C8H12S.C8H16.9CH4/c1-8(2)6-10-7-11(12)5-4-9(10)3;1-9(2)8-10-6-4-5-7-11(10)12-3;1-9(2)8-11-7-5-4-6-10(11)3;2*1-8(2)7-9-5-3-4-6-10(9)11;1-7(2)11-9-6-4-3-5-8(9)10;1-7(2)10-5-3-4-8(9)6-10;1-7(2)6-8-4-3-5-9-8;1-7(2)5-6-8(3)4;;;;;;;;;/h4-5,7-8H,6H2,1-3H3;4-7,9H,8H2,1-2H3;4-7,9H,8H2,1-3H3;2*3-6,8H,7H2,1-2H3;7-9,11H,3-6,10H2,1-2H3;7-8H,3-6,9H2,1-2H3;3-5,7H,6H2,1-2H3;5,8H,6H2,1-4H3;9*1H4. The van der Waals surface area contributed by atoms with Crippen LogP contribution in [0.4, 0.5) is 10.1 Å². The van der Waals surface area contributed by atoms with E-state index in [2.05, 4.69) is 249 Å². The normalized spacial score (nSPS) is 13.7. The number of benzene rings is 5. The van der Waals surface area contributed by atoms with Gasteiger partial charge in [0, 0.05) is 51.1 Å². The highest BCUT2D eigenvalue weighted by Crippen LogP contribution is 2.24. The minimum absolute atomic E-state index is 0. The SMILES string of the molecule is C.C.C.C.C.C.C.C.C.CC(C)=CCC(C)C.CC(C)Cc1ccccc1Br.CC(C)Cc1ccccc1Cl.CC(C)Cc1cccs1.CC(C)N1CCCC(N)C1.CC(C)NC1CCCCC1N.Cc1ccc(F)cc1CC(C)C.Cc1ccccc1CC(C)C.[C-]#[N+]c1ccccc1CC(C)C. The number of aryl methyl sites for hydroxylation is 2. The molecule has 0 amide bonds. The van der Waals surface area contributed by atoms with Gasteiger partial charge in [0.05, 0.1) is 6.57 Å². The summed E-state index contributed by atoms with van der Waals surface area (Å²) in [5, 5.41) is 6.53. The lowest BCUT2D eigenvalue weighted by atomic mass is 9.90. The number of hydrogen-bond acceptors (Lipinski definition) is 5. The van der Waals surface area contributed by atoms with E-state index >= 15 is 0 Å². The maximum Gasteiger partial charge on any atom is 0.190 e. The van der Waals surface area contributed by atoms with Gasteiger partial charge in [0.2, 0.25) is 0 Å². The first kappa shape index (κ1) is 121. The van der Waals surface area contributed by atoms with Gasteiger partial charge in [-0.3, -0.25) is 4.90 Å². The summed E-state index contributed by atoms with van der Waals surface area (Å²) in [5.41, 5.74) is 23.1. The molecule has 604 valence electrons. The van der Waals surface area contributed by atoms with E-state index in [9.17, 15) is 4.39 Å². The van der Waals surface area contributed by atoms with Gasteiger partial charge < -0.3 is 16.8 Å². The van der Waals surface area contributed by atoms with Crippen molar-refractivity contribution in [1.82, 2.24) is 10.2 Å². The van der Waals surface area contributed by atoms with Crippen molar-refractivity contribution in [3.05, 3.63) is 215 Å². The second-order valence-corrected chi connectivity index (χ2v) is 32.2. The molecule has 2 heterocycles. The summed E-state index contributed by atoms with van der Waals surface area (Å²) < 4.78 is 14.0. The molecule has 1 aromatic heterocycles. The molecule has 3 atom stereocenters. The molecule has 3 unspecified atom stereocenters. The Morgan fingerprint density at radius 3 is 1.40 bits per heavy atom. The monoisotopic (exact) mass is 1550 g/mol. The third-order valence-electron chi connectivity index (χ3n) is 15.5. The van der Waals surface area contributed by atoms with Crippen LogP contribution in [0.25, 0.3) is 4.85 Å². The number of hydrogen-bond donors (Lipinski definition) is 3. The number of halogens is 3. The van der Waals surface area contributed by atoms with Gasteiger partial charge in [-0.05, 0) is 235 Å². The fourth-order valence-corrected chi connectivity index (χ4v) is 12.2. The molecule has 1 saturated heterocycles. The van der Waals surface area contributed by atoms with Gasteiger partial charge in [0.15, 0.2) is 5.69 Å². The zero-order chi connectivity index (χ0) is 72.0. The van der Waals surface area contributed by atoms with E-state index in [4.69, 9.17) is 29.6 Å². The average Bonchev–Trinajstić information content (AvgIpc) is 1.25. The summed E-state index contributed by atoms with van der Waals surface area (Å²) >= 11 is 11.3. The van der Waals surface area contributed by atoms with Crippen LogP contribution in [-0.4, -0.2) is 48.2 Å². The number of piperidine rings is 1. The van der Waals surface area contributed by atoms with Crippen LogP contribution in [0, 0.1) is 67.7 Å². The number of nitrogens with zero attached hydrogens (tertiary/aromatic N) is 2. The molecule has 2 aliphatic rings. The summed E-state index contributed by atoms with van der Waals surface area (Å²) in [6.07, 6.45) is 17.7.